The van der Waals surface area contributed by atoms with Gasteiger partial charge in [-0.25, -0.2) is 13.2 Å². The van der Waals surface area contributed by atoms with Gasteiger partial charge in [0.05, 0.1) is 10.5 Å². The molecule has 1 N–H and O–H groups in total. The Bertz CT molecular complexity index is 1330. The van der Waals surface area contributed by atoms with Crippen molar-refractivity contribution >= 4 is 27.6 Å². The molecule has 11 heteroatoms. The first-order chi connectivity index (χ1) is 16.7. The summed E-state index contributed by atoms with van der Waals surface area (Å²) in [6, 6.07) is 11.0. The summed E-state index contributed by atoms with van der Waals surface area (Å²) in [6.45, 7) is 3.92. The van der Waals surface area contributed by atoms with E-state index < -0.39 is 28.5 Å². The lowest BCUT2D eigenvalue weighted by molar-refractivity contribution is -0.119. The summed E-state index contributed by atoms with van der Waals surface area (Å²) in [5.74, 6) is -0.417. The number of aromatic nitrogens is 2. The van der Waals surface area contributed by atoms with Gasteiger partial charge in [0.1, 0.15) is 0 Å². The molecule has 0 bridgehead atoms. The average molecular weight is 499 g/mol. The lowest BCUT2D eigenvalue weighted by Crippen LogP contribution is -2.35. The van der Waals surface area contributed by atoms with E-state index in [2.05, 4.69) is 15.5 Å². The molecule has 35 heavy (non-hydrogen) atoms. The third-order valence-electron chi connectivity index (χ3n) is 5.67. The van der Waals surface area contributed by atoms with Crippen molar-refractivity contribution in [2.75, 3.05) is 25.0 Å². The Morgan fingerprint density at radius 3 is 2.43 bits per heavy atom. The van der Waals surface area contributed by atoms with Crippen LogP contribution >= 0.6 is 0 Å². The van der Waals surface area contributed by atoms with Crippen LogP contribution in [0.4, 0.5) is 5.69 Å². The average Bonchev–Trinajstić information content (AvgIpc) is 3.30. The number of aryl methyl sites for hydroxylation is 2. The number of hydrogen-bond acceptors (Lipinski definition) is 8. The minimum Gasteiger partial charge on any atom is -0.452 e. The van der Waals surface area contributed by atoms with Crippen molar-refractivity contribution in [2.45, 2.75) is 38.0 Å². The Morgan fingerprint density at radius 2 is 1.77 bits per heavy atom. The van der Waals surface area contributed by atoms with Crippen LogP contribution in [0, 0.1) is 13.8 Å². The van der Waals surface area contributed by atoms with Gasteiger partial charge in [-0.05, 0) is 68.7 Å². The van der Waals surface area contributed by atoms with Gasteiger partial charge in [-0.2, -0.15) is 9.29 Å². The number of anilines is 1. The highest BCUT2D eigenvalue weighted by Crippen LogP contribution is 2.25. The maximum absolute atomic E-state index is 13.0. The number of carbonyl (C=O) groups is 2. The molecule has 0 aliphatic carbocycles. The Balaban J connectivity index is 1.37. The number of benzene rings is 2. The second kappa shape index (κ2) is 10.4. The van der Waals surface area contributed by atoms with E-state index in [9.17, 15) is 18.0 Å². The van der Waals surface area contributed by atoms with Crippen molar-refractivity contribution in [2.24, 2.45) is 0 Å². The second-order valence-corrected chi connectivity index (χ2v) is 10.2. The molecule has 1 fully saturated rings. The van der Waals surface area contributed by atoms with Gasteiger partial charge in [0.2, 0.25) is 10.0 Å². The molecule has 0 spiro atoms. The normalized spacial score (nSPS) is 14.5. The fraction of sp³-hybridized carbons (Fsp3) is 0.333. The van der Waals surface area contributed by atoms with Crippen LogP contribution in [0.1, 0.15) is 41.0 Å². The van der Waals surface area contributed by atoms with Gasteiger partial charge in [-0.1, -0.05) is 17.6 Å². The minimum atomic E-state index is -3.64. The standard InChI is InChI=1S/C24H26N4O6S/c1-16-6-11-20(35(31,32)28-12-4-3-5-13-28)14-21(16)26-22(29)15-33-24(30)19-9-7-18(8-10-19)23-25-17(2)27-34-23/h6-11,14H,3-5,12-13,15H2,1-2H3,(H,26,29). The van der Waals surface area contributed by atoms with Crippen LogP contribution < -0.4 is 5.32 Å². The number of amides is 1. The molecule has 2 aromatic carbocycles. The van der Waals surface area contributed by atoms with E-state index in [1.165, 1.54) is 28.6 Å². The molecular formula is C24H26N4O6S. The summed E-state index contributed by atoms with van der Waals surface area (Å²) in [5.41, 5.74) is 1.94. The lowest BCUT2D eigenvalue weighted by Gasteiger charge is -2.26. The van der Waals surface area contributed by atoms with E-state index in [0.717, 1.165) is 19.3 Å². The molecule has 1 amide bonds. The summed E-state index contributed by atoms with van der Waals surface area (Å²) in [7, 11) is -3.64. The van der Waals surface area contributed by atoms with Crippen molar-refractivity contribution in [3.63, 3.8) is 0 Å². The molecule has 10 nitrogen and oxygen atoms in total. The van der Waals surface area contributed by atoms with E-state index >= 15 is 0 Å². The van der Waals surface area contributed by atoms with Crippen molar-refractivity contribution in [1.29, 1.82) is 0 Å². The minimum absolute atomic E-state index is 0.119. The molecule has 1 saturated heterocycles. The topological polar surface area (TPSA) is 132 Å². The molecule has 2 heterocycles. The lowest BCUT2D eigenvalue weighted by atomic mass is 10.1. The molecule has 0 atom stereocenters. The van der Waals surface area contributed by atoms with Gasteiger partial charge in [0.25, 0.3) is 11.8 Å². The van der Waals surface area contributed by atoms with Crippen LogP contribution in [0.2, 0.25) is 0 Å². The van der Waals surface area contributed by atoms with Gasteiger partial charge < -0.3 is 14.6 Å². The number of hydrogen-bond donors (Lipinski definition) is 1. The Labute approximate surface area is 203 Å². The molecule has 1 aromatic heterocycles. The first-order valence-electron chi connectivity index (χ1n) is 11.2. The summed E-state index contributed by atoms with van der Waals surface area (Å²) in [5, 5.41) is 6.36. The summed E-state index contributed by atoms with van der Waals surface area (Å²) in [6.07, 6.45) is 2.68. The fourth-order valence-corrected chi connectivity index (χ4v) is 5.26. The molecule has 3 aromatic rings. The van der Waals surface area contributed by atoms with Crippen LogP contribution in [0.15, 0.2) is 51.9 Å². The highest BCUT2D eigenvalue weighted by molar-refractivity contribution is 7.89. The summed E-state index contributed by atoms with van der Waals surface area (Å²) < 4.78 is 37.6. The highest BCUT2D eigenvalue weighted by atomic mass is 32.2. The number of rotatable bonds is 7. The molecule has 0 radical (unpaired) electrons. The van der Waals surface area contributed by atoms with E-state index in [4.69, 9.17) is 9.26 Å². The molecule has 184 valence electrons. The largest absolute Gasteiger partial charge is 0.452 e. The fourth-order valence-electron chi connectivity index (χ4n) is 3.71. The smallest absolute Gasteiger partial charge is 0.338 e. The van der Waals surface area contributed by atoms with Gasteiger partial charge in [0.15, 0.2) is 12.4 Å². The SMILES string of the molecule is Cc1noc(-c2ccc(C(=O)OCC(=O)Nc3cc(S(=O)(=O)N4CCCCC4)ccc3C)cc2)n1. The molecular weight excluding hydrogens is 472 g/mol. The van der Waals surface area contributed by atoms with E-state index in [1.54, 1.807) is 32.0 Å². The molecule has 1 aliphatic rings. The zero-order valence-corrected chi connectivity index (χ0v) is 20.3. The quantitative estimate of drug-likeness (QED) is 0.491. The number of ether oxygens (including phenoxy) is 1. The second-order valence-electron chi connectivity index (χ2n) is 8.29. The summed E-state index contributed by atoms with van der Waals surface area (Å²) in [4.78, 5) is 29.0. The van der Waals surface area contributed by atoms with Crippen molar-refractivity contribution < 1.29 is 27.3 Å². The highest BCUT2D eigenvalue weighted by Gasteiger charge is 2.26. The molecule has 0 saturated carbocycles. The Hall–Kier alpha value is -3.57. The van der Waals surface area contributed by atoms with E-state index in [0.29, 0.717) is 41.6 Å². The summed E-state index contributed by atoms with van der Waals surface area (Å²) >= 11 is 0. The number of piperidine rings is 1. The number of esters is 1. The van der Waals surface area contributed by atoms with Crippen LogP contribution in [-0.4, -0.2) is 54.4 Å². The molecule has 1 aliphatic heterocycles. The maximum atomic E-state index is 13.0. The van der Waals surface area contributed by atoms with E-state index in [-0.39, 0.29) is 10.5 Å². The van der Waals surface area contributed by atoms with E-state index in [1.807, 2.05) is 0 Å². The predicted molar refractivity (Wildman–Crippen MR) is 127 cm³/mol. The number of nitrogens with one attached hydrogen (secondary N) is 1. The van der Waals surface area contributed by atoms with Gasteiger partial charge in [-0.3, -0.25) is 4.79 Å². The maximum Gasteiger partial charge on any atom is 0.338 e. The first kappa shape index (κ1) is 24.6. The third kappa shape index (κ3) is 5.75. The zero-order valence-electron chi connectivity index (χ0n) is 19.5. The van der Waals surface area contributed by atoms with Crippen molar-refractivity contribution in [1.82, 2.24) is 14.4 Å². The first-order valence-corrected chi connectivity index (χ1v) is 12.7. The molecule has 4 rings (SSSR count). The van der Waals surface area contributed by atoms with Crippen LogP contribution in [0.3, 0.4) is 0 Å². The Kier molecular flexibility index (Phi) is 7.27. The van der Waals surface area contributed by atoms with Crippen LogP contribution in [0.5, 0.6) is 0 Å². The number of nitrogens with zero attached hydrogens (tertiary/aromatic N) is 3. The zero-order chi connectivity index (χ0) is 25.0. The third-order valence-corrected chi connectivity index (χ3v) is 7.56. The van der Waals surface area contributed by atoms with Gasteiger partial charge >= 0.3 is 5.97 Å². The van der Waals surface area contributed by atoms with Crippen LogP contribution in [0.25, 0.3) is 11.5 Å². The Morgan fingerprint density at radius 1 is 1.06 bits per heavy atom. The molecule has 0 unspecified atom stereocenters. The van der Waals surface area contributed by atoms with Gasteiger partial charge in [-0.15, -0.1) is 0 Å². The number of carbonyl (C=O) groups excluding carboxylic acids is 2. The predicted octanol–water partition coefficient (Wildman–Crippen LogP) is 3.32. The van der Waals surface area contributed by atoms with Crippen LogP contribution in [-0.2, 0) is 19.6 Å². The van der Waals surface area contributed by atoms with Crippen molar-refractivity contribution in [3.05, 3.63) is 59.4 Å². The van der Waals surface area contributed by atoms with Crippen molar-refractivity contribution in [3.8, 4) is 11.5 Å². The van der Waals surface area contributed by atoms with Gasteiger partial charge in [0, 0.05) is 24.3 Å². The monoisotopic (exact) mass is 498 g/mol. The number of sulfonamides is 1.